The molecule has 31 heavy (non-hydrogen) atoms. The molecule has 0 aromatic carbocycles. The molecule has 0 aliphatic rings. The van der Waals surface area contributed by atoms with Crippen LogP contribution in [0.2, 0.25) is 0 Å². The number of ether oxygens (including phenoxy) is 4. The lowest BCUT2D eigenvalue weighted by atomic mass is 10.0. The minimum atomic E-state index is 0.117. The molecule has 6 nitrogen and oxygen atoms in total. The minimum Gasteiger partial charge on any atom is -0.379 e. The predicted octanol–water partition coefficient (Wildman–Crippen LogP) is 5.16. The van der Waals surface area contributed by atoms with Crippen LogP contribution in [0.4, 0.5) is 0 Å². The molecule has 0 heterocycles. The van der Waals surface area contributed by atoms with Crippen molar-refractivity contribution in [3.8, 4) is 0 Å². The van der Waals surface area contributed by atoms with E-state index in [1.54, 1.807) is 0 Å². The monoisotopic (exact) mass is 444 g/mol. The van der Waals surface area contributed by atoms with Crippen LogP contribution in [0.3, 0.4) is 0 Å². The van der Waals surface area contributed by atoms with E-state index in [0.717, 1.165) is 64.6 Å². The molecule has 0 spiro atoms. The fourth-order valence-electron chi connectivity index (χ4n) is 2.90. The first kappa shape index (κ1) is 30.2. The van der Waals surface area contributed by atoms with Gasteiger partial charge in [-0.1, -0.05) is 39.5 Å². The van der Waals surface area contributed by atoms with Crippen molar-refractivity contribution in [3.05, 3.63) is 0 Å². The lowest BCUT2D eigenvalue weighted by molar-refractivity contribution is -0.125. The highest BCUT2D eigenvalue weighted by atomic mass is 16.5. The maximum atomic E-state index is 11.6. The molecule has 0 bridgehead atoms. The molecule has 0 atom stereocenters. The summed E-state index contributed by atoms with van der Waals surface area (Å²) >= 11 is 0. The zero-order valence-electron chi connectivity index (χ0n) is 20.6. The van der Waals surface area contributed by atoms with Gasteiger partial charge in [-0.15, -0.1) is 0 Å². The Kier molecular flexibility index (Phi) is 21.8. The van der Waals surface area contributed by atoms with Crippen LogP contribution in [-0.4, -0.2) is 63.9 Å². The van der Waals surface area contributed by atoms with Crippen molar-refractivity contribution >= 4 is 11.6 Å². The lowest BCUT2D eigenvalue weighted by Crippen LogP contribution is -2.12. The van der Waals surface area contributed by atoms with Gasteiger partial charge in [-0.25, -0.2) is 0 Å². The molecular formula is C25H48O6. The Hall–Kier alpha value is -0.820. The van der Waals surface area contributed by atoms with Gasteiger partial charge in [-0.2, -0.15) is 0 Å². The molecule has 0 N–H and O–H groups in total. The van der Waals surface area contributed by atoms with Crippen molar-refractivity contribution in [3.63, 3.8) is 0 Å². The molecular weight excluding hydrogens is 396 g/mol. The van der Waals surface area contributed by atoms with Crippen LogP contribution in [-0.2, 0) is 28.5 Å². The molecule has 0 rings (SSSR count). The van der Waals surface area contributed by atoms with E-state index in [0.29, 0.717) is 45.1 Å². The number of rotatable bonds is 24. The smallest absolute Gasteiger partial charge is 0.158 e. The van der Waals surface area contributed by atoms with E-state index < -0.39 is 0 Å². The van der Waals surface area contributed by atoms with Gasteiger partial charge in [0.25, 0.3) is 0 Å². The third kappa shape index (κ3) is 23.7. The second-order valence-electron chi connectivity index (χ2n) is 8.68. The number of hydrogen-bond donors (Lipinski definition) is 0. The molecule has 0 amide bonds. The van der Waals surface area contributed by atoms with Crippen LogP contribution in [0.15, 0.2) is 0 Å². The SMILES string of the molecule is CC(C)OCC(=O)CCCCCCOCCOCCOCCCCCCC(=O)C(C)C. The fourth-order valence-corrected chi connectivity index (χ4v) is 2.90. The molecule has 0 radical (unpaired) electrons. The van der Waals surface area contributed by atoms with Crippen molar-refractivity contribution in [2.75, 3.05) is 46.2 Å². The molecule has 184 valence electrons. The van der Waals surface area contributed by atoms with E-state index >= 15 is 0 Å². The zero-order chi connectivity index (χ0) is 23.2. The molecule has 0 fully saturated rings. The summed E-state index contributed by atoms with van der Waals surface area (Å²) in [6, 6.07) is 0. The quantitative estimate of drug-likeness (QED) is 0.192. The Bertz CT molecular complexity index is 422. The third-order valence-corrected chi connectivity index (χ3v) is 4.92. The first-order valence-electron chi connectivity index (χ1n) is 12.3. The zero-order valence-corrected chi connectivity index (χ0v) is 20.6. The van der Waals surface area contributed by atoms with Crippen LogP contribution in [0.5, 0.6) is 0 Å². The number of unbranched alkanes of at least 4 members (excludes halogenated alkanes) is 6. The first-order valence-corrected chi connectivity index (χ1v) is 12.3. The topological polar surface area (TPSA) is 71.1 Å². The van der Waals surface area contributed by atoms with Crippen molar-refractivity contribution in [2.45, 2.75) is 98.0 Å². The summed E-state index contributed by atoms with van der Waals surface area (Å²) in [5.41, 5.74) is 0. The average molecular weight is 445 g/mol. The molecule has 0 aromatic heterocycles. The standard InChI is InChI=1S/C25H48O6/c1-22(2)25(27)14-10-6-8-12-16-29-18-20-30-19-17-28-15-11-7-5-9-13-24(26)21-31-23(3)4/h22-23H,5-21H2,1-4H3. The summed E-state index contributed by atoms with van der Waals surface area (Å²) in [5.74, 6) is 0.729. The summed E-state index contributed by atoms with van der Waals surface area (Å²) in [7, 11) is 0. The van der Waals surface area contributed by atoms with E-state index in [4.69, 9.17) is 18.9 Å². The second-order valence-corrected chi connectivity index (χ2v) is 8.68. The predicted molar refractivity (Wildman–Crippen MR) is 125 cm³/mol. The molecule has 0 aliphatic carbocycles. The van der Waals surface area contributed by atoms with Gasteiger partial charge in [0, 0.05) is 32.0 Å². The number of Topliss-reactive ketones (excluding diaryl/α,β-unsaturated/α-hetero) is 2. The van der Waals surface area contributed by atoms with Crippen LogP contribution in [0, 0.1) is 5.92 Å². The van der Waals surface area contributed by atoms with Gasteiger partial charge in [0.2, 0.25) is 0 Å². The highest BCUT2D eigenvalue weighted by Crippen LogP contribution is 2.08. The normalized spacial score (nSPS) is 11.5. The van der Waals surface area contributed by atoms with Crippen molar-refractivity contribution in [1.82, 2.24) is 0 Å². The molecule has 0 aliphatic heterocycles. The summed E-state index contributed by atoms with van der Waals surface area (Å²) in [5, 5.41) is 0. The molecule has 6 heteroatoms. The Labute approximate surface area is 190 Å². The van der Waals surface area contributed by atoms with Gasteiger partial charge < -0.3 is 18.9 Å². The van der Waals surface area contributed by atoms with Gasteiger partial charge in [-0.05, 0) is 39.5 Å². The average Bonchev–Trinajstić information content (AvgIpc) is 2.73. The van der Waals surface area contributed by atoms with Crippen molar-refractivity contribution in [2.24, 2.45) is 5.92 Å². The van der Waals surface area contributed by atoms with Crippen LogP contribution in [0.25, 0.3) is 0 Å². The number of hydrogen-bond acceptors (Lipinski definition) is 6. The lowest BCUT2D eigenvalue weighted by Gasteiger charge is -2.08. The molecule has 0 saturated carbocycles. The van der Waals surface area contributed by atoms with Gasteiger partial charge in [-0.3, -0.25) is 9.59 Å². The van der Waals surface area contributed by atoms with Crippen LogP contribution < -0.4 is 0 Å². The van der Waals surface area contributed by atoms with E-state index in [1.165, 1.54) is 0 Å². The van der Waals surface area contributed by atoms with Gasteiger partial charge in [0.15, 0.2) is 5.78 Å². The van der Waals surface area contributed by atoms with Crippen molar-refractivity contribution in [1.29, 1.82) is 0 Å². The Morgan fingerprint density at radius 1 is 0.581 bits per heavy atom. The number of carbonyl (C=O) groups excluding carboxylic acids is 2. The third-order valence-electron chi connectivity index (χ3n) is 4.92. The van der Waals surface area contributed by atoms with Gasteiger partial charge >= 0.3 is 0 Å². The summed E-state index contributed by atoms with van der Waals surface area (Å²) in [6.45, 7) is 12.0. The highest BCUT2D eigenvalue weighted by molar-refractivity contribution is 5.80. The highest BCUT2D eigenvalue weighted by Gasteiger charge is 2.06. The second kappa shape index (κ2) is 22.4. The van der Waals surface area contributed by atoms with E-state index in [2.05, 4.69) is 0 Å². The summed E-state index contributed by atoms with van der Waals surface area (Å²) < 4.78 is 21.9. The van der Waals surface area contributed by atoms with E-state index in [9.17, 15) is 9.59 Å². The minimum absolute atomic E-state index is 0.117. The fraction of sp³-hybridized carbons (Fsp3) is 0.920. The largest absolute Gasteiger partial charge is 0.379 e. The Balaban J connectivity index is 3.14. The molecule has 0 unspecified atom stereocenters. The van der Waals surface area contributed by atoms with Crippen LogP contribution >= 0.6 is 0 Å². The summed E-state index contributed by atoms with van der Waals surface area (Å²) in [4.78, 5) is 23.1. The number of ketones is 2. The maximum absolute atomic E-state index is 11.6. The van der Waals surface area contributed by atoms with Gasteiger partial charge in [0.1, 0.15) is 12.4 Å². The number of carbonyl (C=O) groups is 2. The van der Waals surface area contributed by atoms with Crippen LogP contribution in [0.1, 0.15) is 91.9 Å². The van der Waals surface area contributed by atoms with E-state index in [1.807, 2.05) is 27.7 Å². The first-order chi connectivity index (χ1) is 14.9. The van der Waals surface area contributed by atoms with Gasteiger partial charge in [0.05, 0.1) is 32.5 Å². The Morgan fingerprint density at radius 2 is 1.03 bits per heavy atom. The van der Waals surface area contributed by atoms with E-state index in [-0.39, 0.29) is 24.4 Å². The Morgan fingerprint density at radius 3 is 1.52 bits per heavy atom. The summed E-state index contributed by atoms with van der Waals surface area (Å²) in [6.07, 6.45) is 9.78. The molecule has 0 aromatic rings. The van der Waals surface area contributed by atoms with Crippen molar-refractivity contribution < 1.29 is 28.5 Å². The molecule has 0 saturated heterocycles. The maximum Gasteiger partial charge on any atom is 0.158 e.